The summed E-state index contributed by atoms with van der Waals surface area (Å²) < 4.78 is 56.5. The van der Waals surface area contributed by atoms with E-state index in [4.69, 9.17) is 25.8 Å². The molecule has 2 aromatic rings. The van der Waals surface area contributed by atoms with Gasteiger partial charge in [0, 0.05) is 10.6 Å². The molecule has 0 radical (unpaired) electrons. The monoisotopic (exact) mass is 431 g/mol. The summed E-state index contributed by atoms with van der Waals surface area (Å²) in [6, 6.07) is 5.92. The first kappa shape index (κ1) is 22.7. The van der Waals surface area contributed by atoms with Gasteiger partial charge >= 0.3 is 6.18 Å². The zero-order valence-corrected chi connectivity index (χ0v) is 16.9. The first-order valence-corrected chi connectivity index (χ1v) is 9.33. The summed E-state index contributed by atoms with van der Waals surface area (Å²) in [5.41, 5.74) is -1.39. The number of hydrogen-bond donors (Lipinski definition) is 1. The molecular formula is C20H21ClF3NO4. The molecule has 0 saturated carbocycles. The maximum Gasteiger partial charge on any atom is 0.418 e. The molecule has 1 amide bonds. The van der Waals surface area contributed by atoms with Crippen LogP contribution < -0.4 is 19.5 Å². The maximum absolute atomic E-state index is 13.3. The van der Waals surface area contributed by atoms with Crippen molar-refractivity contribution in [2.75, 3.05) is 25.1 Å². The average Bonchev–Trinajstić information content (AvgIpc) is 2.65. The van der Waals surface area contributed by atoms with Crippen LogP contribution in [0.1, 0.15) is 36.7 Å². The van der Waals surface area contributed by atoms with Crippen LogP contribution in [-0.2, 0) is 6.18 Å². The fraction of sp³-hybridized carbons (Fsp3) is 0.350. The Balaban J connectivity index is 2.45. The van der Waals surface area contributed by atoms with Crippen molar-refractivity contribution in [2.24, 2.45) is 0 Å². The van der Waals surface area contributed by atoms with Crippen molar-refractivity contribution in [3.05, 3.63) is 46.5 Å². The van der Waals surface area contributed by atoms with Gasteiger partial charge in [0.25, 0.3) is 5.91 Å². The van der Waals surface area contributed by atoms with Gasteiger partial charge in [-0.3, -0.25) is 4.79 Å². The van der Waals surface area contributed by atoms with E-state index in [1.54, 1.807) is 20.8 Å². The number of anilines is 1. The fourth-order valence-electron chi connectivity index (χ4n) is 2.57. The van der Waals surface area contributed by atoms with E-state index in [2.05, 4.69) is 5.32 Å². The molecular weight excluding hydrogens is 411 g/mol. The summed E-state index contributed by atoms with van der Waals surface area (Å²) in [5, 5.41) is 2.19. The lowest BCUT2D eigenvalue weighted by molar-refractivity contribution is -0.136. The first-order valence-electron chi connectivity index (χ1n) is 8.95. The number of amides is 1. The van der Waals surface area contributed by atoms with Gasteiger partial charge in [-0.25, -0.2) is 0 Å². The number of hydrogen-bond acceptors (Lipinski definition) is 4. The van der Waals surface area contributed by atoms with E-state index in [-0.39, 0.29) is 22.1 Å². The lowest BCUT2D eigenvalue weighted by atomic mass is 10.1. The molecule has 9 heteroatoms. The highest BCUT2D eigenvalue weighted by atomic mass is 35.5. The summed E-state index contributed by atoms with van der Waals surface area (Å²) in [7, 11) is 0. The Bertz CT molecular complexity index is 844. The van der Waals surface area contributed by atoms with Crippen molar-refractivity contribution in [3.63, 3.8) is 0 Å². The third-order valence-corrected chi connectivity index (χ3v) is 3.94. The van der Waals surface area contributed by atoms with Gasteiger partial charge in [-0.2, -0.15) is 13.2 Å². The molecule has 0 aliphatic carbocycles. The zero-order chi connectivity index (χ0) is 21.6. The van der Waals surface area contributed by atoms with E-state index in [1.807, 2.05) is 0 Å². The normalized spacial score (nSPS) is 11.1. The van der Waals surface area contributed by atoms with Gasteiger partial charge < -0.3 is 19.5 Å². The lowest BCUT2D eigenvalue weighted by Crippen LogP contribution is -2.17. The molecule has 0 aliphatic rings. The molecule has 0 aliphatic heterocycles. The van der Waals surface area contributed by atoms with Crippen molar-refractivity contribution in [1.82, 2.24) is 0 Å². The van der Waals surface area contributed by atoms with E-state index in [9.17, 15) is 18.0 Å². The average molecular weight is 432 g/mol. The Hall–Kier alpha value is -2.61. The minimum atomic E-state index is -4.68. The molecule has 0 fully saturated rings. The summed E-state index contributed by atoms with van der Waals surface area (Å²) in [6.45, 7) is 6.23. The van der Waals surface area contributed by atoms with Gasteiger partial charge in [0.2, 0.25) is 5.75 Å². The number of benzene rings is 2. The standard InChI is InChI=1S/C20H21ClF3NO4/c1-4-27-16-9-12(10-17(28-5-2)18(16)29-6-3)19(26)25-15-8-7-13(21)11-14(15)20(22,23)24/h7-11H,4-6H2,1-3H3,(H,25,26). The third kappa shape index (κ3) is 5.69. The second-order valence-electron chi connectivity index (χ2n) is 5.74. The van der Waals surface area contributed by atoms with Crippen LogP contribution in [0.25, 0.3) is 0 Å². The van der Waals surface area contributed by atoms with Crippen LogP contribution in [0.3, 0.4) is 0 Å². The Kier molecular flexibility index (Phi) is 7.61. The molecule has 0 bridgehead atoms. The number of nitrogens with one attached hydrogen (secondary N) is 1. The van der Waals surface area contributed by atoms with E-state index >= 15 is 0 Å². The SMILES string of the molecule is CCOc1cc(C(=O)Nc2ccc(Cl)cc2C(F)(F)F)cc(OCC)c1OCC. The topological polar surface area (TPSA) is 56.8 Å². The van der Waals surface area contributed by atoms with Gasteiger partial charge in [-0.05, 0) is 51.1 Å². The number of carbonyl (C=O) groups excluding carboxylic acids is 1. The lowest BCUT2D eigenvalue weighted by Gasteiger charge is -2.18. The number of carbonyl (C=O) groups is 1. The zero-order valence-electron chi connectivity index (χ0n) is 16.2. The number of rotatable bonds is 8. The highest BCUT2D eigenvalue weighted by Gasteiger charge is 2.34. The van der Waals surface area contributed by atoms with E-state index < -0.39 is 23.3 Å². The quantitative estimate of drug-likeness (QED) is 0.573. The van der Waals surface area contributed by atoms with Crippen LogP contribution >= 0.6 is 11.6 Å². The fourth-order valence-corrected chi connectivity index (χ4v) is 2.75. The first-order chi connectivity index (χ1) is 13.7. The van der Waals surface area contributed by atoms with Crippen LogP contribution in [0.4, 0.5) is 18.9 Å². The largest absolute Gasteiger partial charge is 0.490 e. The van der Waals surface area contributed by atoms with Crippen LogP contribution in [-0.4, -0.2) is 25.7 Å². The van der Waals surface area contributed by atoms with Crippen molar-refractivity contribution in [2.45, 2.75) is 26.9 Å². The van der Waals surface area contributed by atoms with Crippen molar-refractivity contribution >= 4 is 23.2 Å². The molecule has 0 atom stereocenters. The number of alkyl halides is 3. The molecule has 0 saturated heterocycles. The van der Waals surface area contributed by atoms with E-state index in [0.29, 0.717) is 25.6 Å². The predicted octanol–water partition coefficient (Wildman–Crippen LogP) is 5.81. The molecule has 0 unspecified atom stereocenters. The van der Waals surface area contributed by atoms with Crippen molar-refractivity contribution < 1.29 is 32.2 Å². The summed E-state index contributed by atoms with van der Waals surface area (Å²) in [5.74, 6) is 0.0909. The minimum absolute atomic E-state index is 0.0587. The van der Waals surface area contributed by atoms with Gasteiger partial charge in [-0.1, -0.05) is 11.6 Å². The molecule has 29 heavy (non-hydrogen) atoms. The second kappa shape index (κ2) is 9.73. The number of ether oxygens (including phenoxy) is 3. The summed E-state index contributed by atoms with van der Waals surface area (Å²) in [6.07, 6.45) is -4.68. The summed E-state index contributed by atoms with van der Waals surface area (Å²) >= 11 is 5.67. The molecule has 5 nitrogen and oxygen atoms in total. The maximum atomic E-state index is 13.3. The van der Waals surface area contributed by atoms with Crippen molar-refractivity contribution in [3.8, 4) is 17.2 Å². The van der Waals surface area contributed by atoms with Crippen LogP contribution in [0.5, 0.6) is 17.2 Å². The molecule has 2 aromatic carbocycles. The molecule has 0 spiro atoms. The highest BCUT2D eigenvalue weighted by Crippen LogP contribution is 2.40. The summed E-state index contributed by atoms with van der Waals surface area (Å²) in [4.78, 5) is 12.7. The molecule has 0 aromatic heterocycles. The second-order valence-corrected chi connectivity index (χ2v) is 6.18. The van der Waals surface area contributed by atoms with Gasteiger partial charge in [0.15, 0.2) is 11.5 Å². The Morgan fingerprint density at radius 1 is 0.966 bits per heavy atom. The van der Waals surface area contributed by atoms with Gasteiger partial charge in [0.1, 0.15) is 0 Å². The van der Waals surface area contributed by atoms with Crippen molar-refractivity contribution in [1.29, 1.82) is 0 Å². The van der Waals surface area contributed by atoms with Crippen LogP contribution in [0.2, 0.25) is 5.02 Å². The Morgan fingerprint density at radius 3 is 2.00 bits per heavy atom. The third-order valence-electron chi connectivity index (χ3n) is 3.71. The van der Waals surface area contributed by atoms with Crippen LogP contribution in [0, 0.1) is 0 Å². The minimum Gasteiger partial charge on any atom is -0.490 e. The molecule has 1 N–H and O–H groups in total. The smallest absolute Gasteiger partial charge is 0.418 e. The van der Waals surface area contributed by atoms with E-state index in [1.165, 1.54) is 18.2 Å². The highest BCUT2D eigenvalue weighted by molar-refractivity contribution is 6.30. The van der Waals surface area contributed by atoms with E-state index in [0.717, 1.165) is 12.1 Å². The Labute approximate surface area is 171 Å². The van der Waals surface area contributed by atoms with Crippen LogP contribution in [0.15, 0.2) is 30.3 Å². The van der Waals surface area contributed by atoms with Gasteiger partial charge in [-0.15, -0.1) is 0 Å². The van der Waals surface area contributed by atoms with Gasteiger partial charge in [0.05, 0.1) is 31.1 Å². The molecule has 2 rings (SSSR count). The predicted molar refractivity (Wildman–Crippen MR) is 104 cm³/mol. The Morgan fingerprint density at radius 2 is 1.52 bits per heavy atom. The molecule has 0 heterocycles. The molecule has 158 valence electrons. The number of halogens is 4.